The molecular weight excluding hydrogens is 274 g/mol. The van der Waals surface area contributed by atoms with Gasteiger partial charge in [0, 0.05) is 6.07 Å². The Kier molecular flexibility index (Phi) is 6.45. The predicted octanol–water partition coefficient (Wildman–Crippen LogP) is 2.10. The summed E-state index contributed by atoms with van der Waals surface area (Å²) in [5.41, 5.74) is 0.463. The van der Waals surface area contributed by atoms with E-state index in [-0.39, 0.29) is 5.92 Å². The van der Waals surface area contributed by atoms with E-state index in [1.807, 2.05) is 20.8 Å². The van der Waals surface area contributed by atoms with Crippen molar-refractivity contribution >= 4 is 17.7 Å². The van der Waals surface area contributed by atoms with E-state index in [1.54, 1.807) is 12.1 Å². The van der Waals surface area contributed by atoms with Crippen LogP contribution >= 0.6 is 0 Å². The van der Waals surface area contributed by atoms with E-state index in [1.165, 1.54) is 6.20 Å². The minimum absolute atomic E-state index is 0.165. The summed E-state index contributed by atoms with van der Waals surface area (Å²) in [6, 6.07) is 1.77. The van der Waals surface area contributed by atoms with E-state index in [4.69, 9.17) is 9.84 Å². The number of nitrogens with one attached hydrogen (secondary N) is 2. The summed E-state index contributed by atoms with van der Waals surface area (Å²) in [4.78, 5) is 26.8. The minimum atomic E-state index is -1.05. The number of nitrogens with zero attached hydrogens (tertiary/aromatic N) is 1. The molecular formula is C14H21N3O4. The van der Waals surface area contributed by atoms with Gasteiger partial charge in [0.05, 0.1) is 18.5 Å². The molecule has 1 rings (SSSR count). The molecule has 0 aliphatic rings. The van der Waals surface area contributed by atoms with Gasteiger partial charge in [0.1, 0.15) is 6.04 Å². The summed E-state index contributed by atoms with van der Waals surface area (Å²) in [5.74, 6) is -0.422. The number of carbonyl (C=O) groups is 2. The average molecular weight is 295 g/mol. The first-order chi connectivity index (χ1) is 9.92. The van der Waals surface area contributed by atoms with Crippen LogP contribution in [-0.4, -0.2) is 34.7 Å². The second-order valence-corrected chi connectivity index (χ2v) is 4.94. The lowest BCUT2D eigenvalue weighted by atomic mass is 10.0. The summed E-state index contributed by atoms with van der Waals surface area (Å²) in [7, 11) is 0. The van der Waals surface area contributed by atoms with E-state index in [2.05, 4.69) is 15.6 Å². The number of aliphatic carboxylic acids is 1. The monoisotopic (exact) mass is 295 g/mol. The van der Waals surface area contributed by atoms with Crippen molar-refractivity contribution in [1.29, 1.82) is 0 Å². The first kappa shape index (κ1) is 16.7. The Morgan fingerprint density at radius 1 is 1.38 bits per heavy atom. The highest BCUT2D eigenvalue weighted by atomic mass is 16.5. The van der Waals surface area contributed by atoms with Gasteiger partial charge in [0.2, 0.25) is 5.88 Å². The fourth-order valence-electron chi connectivity index (χ4n) is 1.71. The maximum atomic E-state index is 11.8. The molecule has 2 amide bonds. The van der Waals surface area contributed by atoms with Crippen LogP contribution in [0.2, 0.25) is 0 Å². The van der Waals surface area contributed by atoms with Crippen LogP contribution < -0.4 is 15.4 Å². The quantitative estimate of drug-likeness (QED) is 0.715. The second-order valence-electron chi connectivity index (χ2n) is 4.94. The number of hydrogen-bond donors (Lipinski definition) is 3. The lowest BCUT2D eigenvalue weighted by Crippen LogP contribution is -2.43. The molecule has 1 aromatic rings. The molecule has 0 aromatic carbocycles. The van der Waals surface area contributed by atoms with Crippen molar-refractivity contribution in [1.82, 2.24) is 10.3 Å². The zero-order valence-corrected chi connectivity index (χ0v) is 12.4. The summed E-state index contributed by atoms with van der Waals surface area (Å²) in [5, 5.41) is 14.0. The third-order valence-electron chi connectivity index (χ3n) is 2.60. The number of anilines is 1. The summed E-state index contributed by atoms with van der Waals surface area (Å²) < 4.78 is 5.19. The maximum Gasteiger partial charge on any atom is 0.326 e. The highest BCUT2D eigenvalue weighted by Gasteiger charge is 2.21. The van der Waals surface area contributed by atoms with Crippen LogP contribution in [0.25, 0.3) is 0 Å². The lowest BCUT2D eigenvalue weighted by Gasteiger charge is -2.16. The summed E-state index contributed by atoms with van der Waals surface area (Å²) in [6.07, 6.45) is 1.81. The van der Waals surface area contributed by atoms with Crippen LogP contribution in [0.3, 0.4) is 0 Å². The molecule has 0 saturated carbocycles. The normalized spacial score (nSPS) is 11.8. The molecule has 1 atom stereocenters. The van der Waals surface area contributed by atoms with Crippen LogP contribution in [0.1, 0.15) is 27.2 Å². The number of pyridine rings is 1. The highest BCUT2D eigenvalue weighted by Crippen LogP contribution is 2.11. The van der Waals surface area contributed by atoms with Gasteiger partial charge in [-0.25, -0.2) is 14.6 Å². The molecule has 0 fully saturated rings. The number of rotatable bonds is 7. The lowest BCUT2D eigenvalue weighted by molar-refractivity contribution is -0.139. The molecule has 0 unspecified atom stereocenters. The van der Waals surface area contributed by atoms with Crippen LogP contribution in [-0.2, 0) is 4.79 Å². The molecule has 0 aliphatic heterocycles. The molecule has 7 nitrogen and oxygen atoms in total. The van der Waals surface area contributed by atoms with E-state index < -0.39 is 18.0 Å². The smallest absolute Gasteiger partial charge is 0.326 e. The van der Waals surface area contributed by atoms with Gasteiger partial charge in [0.15, 0.2) is 0 Å². The van der Waals surface area contributed by atoms with Crippen LogP contribution in [0.15, 0.2) is 18.3 Å². The molecule has 0 aliphatic carbocycles. The Morgan fingerprint density at radius 3 is 2.57 bits per heavy atom. The molecule has 116 valence electrons. The Bertz CT molecular complexity index is 474. The number of ether oxygens (including phenoxy) is 1. The van der Waals surface area contributed by atoms with Crippen molar-refractivity contribution in [3.05, 3.63) is 18.3 Å². The van der Waals surface area contributed by atoms with Gasteiger partial charge in [-0.05, 0) is 25.3 Å². The number of urea groups is 1. The van der Waals surface area contributed by atoms with Gasteiger partial charge in [-0.15, -0.1) is 0 Å². The van der Waals surface area contributed by atoms with E-state index in [0.717, 1.165) is 0 Å². The van der Waals surface area contributed by atoms with Crippen molar-refractivity contribution in [3.63, 3.8) is 0 Å². The number of aromatic nitrogens is 1. The summed E-state index contributed by atoms with van der Waals surface area (Å²) >= 11 is 0. The van der Waals surface area contributed by atoms with E-state index >= 15 is 0 Å². The van der Waals surface area contributed by atoms with Gasteiger partial charge >= 0.3 is 12.0 Å². The van der Waals surface area contributed by atoms with Gasteiger partial charge in [-0.2, -0.15) is 0 Å². The third-order valence-corrected chi connectivity index (χ3v) is 2.60. The second kappa shape index (κ2) is 8.08. The molecule has 21 heavy (non-hydrogen) atoms. The average Bonchev–Trinajstić information content (AvgIpc) is 2.40. The number of amides is 2. The van der Waals surface area contributed by atoms with Crippen molar-refractivity contribution < 1.29 is 19.4 Å². The van der Waals surface area contributed by atoms with Crippen molar-refractivity contribution in [3.8, 4) is 5.88 Å². The minimum Gasteiger partial charge on any atom is -0.480 e. The van der Waals surface area contributed by atoms with Crippen molar-refractivity contribution in [2.24, 2.45) is 5.92 Å². The number of carboxylic acids is 1. The van der Waals surface area contributed by atoms with Crippen LogP contribution in [0.4, 0.5) is 10.5 Å². The van der Waals surface area contributed by atoms with E-state index in [9.17, 15) is 9.59 Å². The van der Waals surface area contributed by atoms with Crippen LogP contribution in [0.5, 0.6) is 5.88 Å². The molecule has 7 heteroatoms. The predicted molar refractivity (Wildman–Crippen MR) is 78.4 cm³/mol. The fourth-order valence-corrected chi connectivity index (χ4v) is 1.71. The van der Waals surface area contributed by atoms with Crippen LogP contribution in [0, 0.1) is 5.92 Å². The van der Waals surface area contributed by atoms with Gasteiger partial charge < -0.3 is 20.5 Å². The molecule has 1 aromatic heterocycles. The Hall–Kier alpha value is -2.31. The van der Waals surface area contributed by atoms with Crippen molar-refractivity contribution in [2.45, 2.75) is 33.2 Å². The topological polar surface area (TPSA) is 101 Å². The van der Waals surface area contributed by atoms with Gasteiger partial charge in [-0.3, -0.25) is 0 Å². The van der Waals surface area contributed by atoms with Gasteiger partial charge in [0.25, 0.3) is 0 Å². The number of hydrogen-bond acceptors (Lipinski definition) is 4. The van der Waals surface area contributed by atoms with Gasteiger partial charge in [-0.1, -0.05) is 13.8 Å². The molecule has 0 radical (unpaired) electrons. The van der Waals surface area contributed by atoms with E-state index in [0.29, 0.717) is 24.6 Å². The standard InChI is InChI=1S/C14H21N3O4/c1-4-21-12-6-5-10(8-15-12)16-14(20)17-11(13(18)19)7-9(2)3/h5-6,8-9,11H,4,7H2,1-3H3,(H,18,19)(H2,16,17,20)/t11-/m1/s1. The summed E-state index contributed by atoms with van der Waals surface area (Å²) in [6.45, 7) is 6.15. The molecule has 0 spiro atoms. The molecule has 3 N–H and O–H groups in total. The molecule has 1 heterocycles. The molecule has 0 saturated heterocycles. The highest BCUT2D eigenvalue weighted by molar-refractivity contribution is 5.92. The first-order valence-electron chi connectivity index (χ1n) is 6.81. The third kappa shape index (κ3) is 6.11. The number of carboxylic acid groups (broad SMARTS) is 1. The van der Waals surface area contributed by atoms with Crippen molar-refractivity contribution in [2.75, 3.05) is 11.9 Å². The fraction of sp³-hybridized carbons (Fsp3) is 0.500. The molecule has 0 bridgehead atoms. The number of carbonyl (C=O) groups excluding carboxylic acids is 1. The SMILES string of the molecule is CCOc1ccc(NC(=O)N[C@H](CC(C)C)C(=O)O)cn1. The largest absolute Gasteiger partial charge is 0.480 e. The maximum absolute atomic E-state index is 11.8. The zero-order valence-electron chi connectivity index (χ0n) is 12.4. The zero-order chi connectivity index (χ0) is 15.8. The Morgan fingerprint density at radius 2 is 2.10 bits per heavy atom. The Labute approximate surface area is 123 Å². The first-order valence-corrected chi connectivity index (χ1v) is 6.81. The Balaban J connectivity index is 2.57.